The average molecular weight is 342 g/mol. The number of carbonyl (C=O) groups is 3. The van der Waals surface area contributed by atoms with Gasteiger partial charge in [0.2, 0.25) is 5.91 Å². The number of imide groups is 1. The second-order valence-electron chi connectivity index (χ2n) is 5.62. The Morgan fingerprint density at radius 3 is 2.38 bits per heavy atom. The molecule has 2 unspecified atom stereocenters. The number of amides is 3. The van der Waals surface area contributed by atoms with Crippen molar-refractivity contribution in [2.24, 2.45) is 0 Å². The van der Waals surface area contributed by atoms with E-state index in [0.29, 0.717) is 23.4 Å². The Hall–Kier alpha value is -2.54. The number of fused-ring (bicyclic) bond motifs is 1. The van der Waals surface area contributed by atoms with Crippen LogP contribution in [0.2, 0.25) is 0 Å². The Bertz CT molecular complexity index is 783. The monoisotopic (exact) mass is 342 g/mol. The molecule has 1 aromatic heterocycles. The summed E-state index contributed by atoms with van der Waals surface area (Å²) >= 11 is 1.50. The molecule has 3 heterocycles. The van der Waals surface area contributed by atoms with Crippen LogP contribution in [0.25, 0.3) is 0 Å². The zero-order valence-corrected chi connectivity index (χ0v) is 13.4. The standard InChI is InChI=1S/C17H14N2O4S/c20-15-12(9-24-14(8-18-15)13-6-3-7-23-13)19-16(21)10-4-1-2-5-11(10)17(19)22/h1-7,12,14H,8-9H2,(H,18,20). The molecule has 1 saturated heterocycles. The van der Waals surface area contributed by atoms with Gasteiger partial charge < -0.3 is 9.73 Å². The van der Waals surface area contributed by atoms with Crippen molar-refractivity contribution in [1.82, 2.24) is 10.2 Å². The van der Waals surface area contributed by atoms with E-state index in [0.717, 1.165) is 10.7 Å². The number of rotatable bonds is 2. The fourth-order valence-electron chi connectivity index (χ4n) is 2.99. The predicted octanol–water partition coefficient (Wildman–Crippen LogP) is 1.85. The first-order valence-corrected chi connectivity index (χ1v) is 8.61. The molecule has 0 saturated carbocycles. The van der Waals surface area contributed by atoms with Crippen LogP contribution in [0, 0.1) is 0 Å². The summed E-state index contributed by atoms with van der Waals surface area (Å²) in [5.74, 6) is -0.0298. The molecule has 6 nitrogen and oxygen atoms in total. The maximum atomic E-state index is 12.6. The number of nitrogens with zero attached hydrogens (tertiary/aromatic N) is 1. The molecule has 2 aliphatic heterocycles. The highest BCUT2D eigenvalue weighted by Crippen LogP contribution is 2.34. The van der Waals surface area contributed by atoms with Crippen LogP contribution in [0.15, 0.2) is 47.1 Å². The molecule has 1 aromatic carbocycles. The number of nitrogens with one attached hydrogen (secondary N) is 1. The number of hydrogen-bond acceptors (Lipinski definition) is 5. The number of thioether (sulfide) groups is 1. The lowest BCUT2D eigenvalue weighted by Gasteiger charge is -2.22. The fourth-order valence-corrected chi connectivity index (χ4v) is 4.21. The minimum atomic E-state index is -0.817. The van der Waals surface area contributed by atoms with E-state index in [1.54, 1.807) is 36.6 Å². The predicted molar refractivity (Wildman–Crippen MR) is 87.6 cm³/mol. The third-order valence-corrected chi connectivity index (χ3v) is 5.53. The lowest BCUT2D eigenvalue weighted by molar-refractivity contribution is -0.124. The van der Waals surface area contributed by atoms with Crippen molar-refractivity contribution in [2.75, 3.05) is 12.3 Å². The Kier molecular flexibility index (Phi) is 3.65. The van der Waals surface area contributed by atoms with Gasteiger partial charge in [0, 0.05) is 12.3 Å². The van der Waals surface area contributed by atoms with Crippen molar-refractivity contribution in [3.05, 3.63) is 59.5 Å². The highest BCUT2D eigenvalue weighted by Gasteiger charge is 2.43. The highest BCUT2D eigenvalue weighted by atomic mass is 32.2. The number of furan rings is 1. The van der Waals surface area contributed by atoms with Crippen LogP contribution >= 0.6 is 11.8 Å². The van der Waals surface area contributed by atoms with Gasteiger partial charge in [-0.15, -0.1) is 11.8 Å². The van der Waals surface area contributed by atoms with E-state index in [2.05, 4.69) is 5.32 Å². The Morgan fingerprint density at radius 1 is 1.04 bits per heavy atom. The highest BCUT2D eigenvalue weighted by molar-refractivity contribution is 7.99. The summed E-state index contributed by atoms with van der Waals surface area (Å²) in [4.78, 5) is 38.7. The molecular formula is C17H14N2O4S. The topological polar surface area (TPSA) is 79.6 Å². The Balaban J connectivity index is 1.59. The second-order valence-corrected chi connectivity index (χ2v) is 6.86. The van der Waals surface area contributed by atoms with Crippen LogP contribution in [0.1, 0.15) is 31.7 Å². The first-order valence-electron chi connectivity index (χ1n) is 7.56. The van der Waals surface area contributed by atoms with Gasteiger partial charge in [0.05, 0.1) is 22.6 Å². The van der Waals surface area contributed by atoms with Crippen molar-refractivity contribution >= 4 is 29.5 Å². The van der Waals surface area contributed by atoms with E-state index in [1.807, 2.05) is 6.07 Å². The molecule has 0 spiro atoms. The molecular weight excluding hydrogens is 328 g/mol. The summed E-state index contributed by atoms with van der Waals surface area (Å²) in [6, 6.07) is 9.48. The smallest absolute Gasteiger partial charge is 0.262 e. The van der Waals surface area contributed by atoms with Gasteiger partial charge in [-0.3, -0.25) is 19.3 Å². The SMILES string of the molecule is O=C1NCC(c2ccco2)SCC1N1C(=O)c2ccccc2C1=O. The summed E-state index contributed by atoms with van der Waals surface area (Å²) < 4.78 is 5.40. The van der Waals surface area contributed by atoms with Crippen molar-refractivity contribution in [3.8, 4) is 0 Å². The molecule has 1 fully saturated rings. The largest absolute Gasteiger partial charge is 0.468 e. The lowest BCUT2D eigenvalue weighted by atomic mass is 10.1. The molecule has 0 aliphatic carbocycles. The van der Waals surface area contributed by atoms with Crippen LogP contribution in [-0.4, -0.2) is 41.0 Å². The minimum absolute atomic E-state index is 0.0378. The van der Waals surface area contributed by atoms with E-state index >= 15 is 0 Å². The number of benzene rings is 1. The molecule has 1 N–H and O–H groups in total. The second kappa shape index (κ2) is 5.83. The summed E-state index contributed by atoms with van der Waals surface area (Å²) in [7, 11) is 0. The van der Waals surface area contributed by atoms with Crippen molar-refractivity contribution in [3.63, 3.8) is 0 Å². The van der Waals surface area contributed by atoms with Crippen molar-refractivity contribution < 1.29 is 18.8 Å². The summed E-state index contributed by atoms with van der Waals surface area (Å²) in [6.07, 6.45) is 1.59. The fraction of sp³-hybridized carbons (Fsp3) is 0.235. The van der Waals surface area contributed by atoms with Gasteiger partial charge in [-0.25, -0.2) is 0 Å². The van der Waals surface area contributed by atoms with E-state index in [-0.39, 0.29) is 11.2 Å². The van der Waals surface area contributed by atoms with Crippen LogP contribution in [-0.2, 0) is 4.79 Å². The van der Waals surface area contributed by atoms with Gasteiger partial charge >= 0.3 is 0 Å². The van der Waals surface area contributed by atoms with E-state index in [9.17, 15) is 14.4 Å². The third-order valence-electron chi connectivity index (χ3n) is 4.22. The minimum Gasteiger partial charge on any atom is -0.468 e. The summed E-state index contributed by atoms with van der Waals surface area (Å²) in [5.41, 5.74) is 0.708. The van der Waals surface area contributed by atoms with Crippen molar-refractivity contribution in [2.45, 2.75) is 11.3 Å². The molecule has 2 aromatic rings. The zero-order valence-electron chi connectivity index (χ0n) is 12.6. The van der Waals surface area contributed by atoms with Gasteiger partial charge in [-0.1, -0.05) is 12.1 Å². The molecule has 4 rings (SSSR count). The van der Waals surface area contributed by atoms with Crippen LogP contribution < -0.4 is 5.32 Å². The zero-order chi connectivity index (χ0) is 16.7. The Labute approximate surface area is 142 Å². The molecule has 0 bridgehead atoms. The quantitative estimate of drug-likeness (QED) is 0.843. The van der Waals surface area contributed by atoms with E-state index in [1.165, 1.54) is 11.8 Å². The first-order chi connectivity index (χ1) is 11.7. The van der Waals surface area contributed by atoms with Crippen LogP contribution in [0.4, 0.5) is 0 Å². The normalized spacial score (nSPS) is 23.8. The molecule has 7 heteroatoms. The van der Waals surface area contributed by atoms with Crippen LogP contribution in [0.5, 0.6) is 0 Å². The maximum absolute atomic E-state index is 12.6. The van der Waals surface area contributed by atoms with Gasteiger partial charge in [-0.2, -0.15) is 0 Å². The third kappa shape index (κ3) is 2.32. The molecule has 3 amide bonds. The molecule has 122 valence electrons. The molecule has 24 heavy (non-hydrogen) atoms. The number of carbonyl (C=O) groups excluding carboxylic acids is 3. The molecule has 0 radical (unpaired) electrons. The van der Waals surface area contributed by atoms with Crippen LogP contribution in [0.3, 0.4) is 0 Å². The van der Waals surface area contributed by atoms with Gasteiger partial charge in [0.15, 0.2) is 0 Å². The summed E-state index contributed by atoms with van der Waals surface area (Å²) in [5, 5.41) is 2.77. The lowest BCUT2D eigenvalue weighted by Crippen LogP contribution is -2.50. The Morgan fingerprint density at radius 2 is 1.75 bits per heavy atom. The van der Waals surface area contributed by atoms with Gasteiger partial charge in [0.25, 0.3) is 11.8 Å². The average Bonchev–Trinajstić information content (AvgIpc) is 3.16. The first kappa shape index (κ1) is 15.0. The number of hydrogen-bond donors (Lipinski definition) is 1. The molecule has 2 aliphatic rings. The molecule has 2 atom stereocenters. The van der Waals surface area contributed by atoms with Gasteiger partial charge in [-0.05, 0) is 24.3 Å². The van der Waals surface area contributed by atoms with E-state index < -0.39 is 17.9 Å². The maximum Gasteiger partial charge on any atom is 0.262 e. The van der Waals surface area contributed by atoms with Crippen molar-refractivity contribution in [1.29, 1.82) is 0 Å². The van der Waals surface area contributed by atoms with Gasteiger partial charge in [0.1, 0.15) is 11.8 Å². The van der Waals surface area contributed by atoms with E-state index in [4.69, 9.17) is 4.42 Å². The summed E-state index contributed by atoms with van der Waals surface area (Å²) in [6.45, 7) is 0.399.